The highest BCUT2D eigenvalue weighted by atomic mass is 79.9. The van der Waals surface area contributed by atoms with E-state index in [2.05, 4.69) is 20.9 Å². The van der Waals surface area contributed by atoms with Gasteiger partial charge in [-0.2, -0.15) is 0 Å². The third-order valence-corrected chi connectivity index (χ3v) is 2.30. The van der Waals surface area contributed by atoms with Crippen LogP contribution in [0.1, 0.15) is 5.56 Å². The van der Waals surface area contributed by atoms with Crippen LogP contribution in [0.2, 0.25) is 0 Å². The Hall–Kier alpha value is -0.550. The van der Waals surface area contributed by atoms with Crippen LogP contribution < -0.4 is 5.73 Å². The summed E-state index contributed by atoms with van der Waals surface area (Å²) in [5, 5.41) is 0. The topological polar surface area (TPSA) is 38.9 Å². The van der Waals surface area contributed by atoms with Crippen molar-refractivity contribution in [2.24, 2.45) is 5.73 Å². The molecule has 5 heteroatoms. The van der Waals surface area contributed by atoms with Gasteiger partial charge in [0.05, 0.1) is 6.54 Å². The van der Waals surface area contributed by atoms with E-state index in [1.54, 1.807) is 12.1 Å². The second kappa shape index (κ2) is 4.11. The molecule has 0 saturated carbocycles. The van der Waals surface area contributed by atoms with E-state index in [1.807, 2.05) is 0 Å². The summed E-state index contributed by atoms with van der Waals surface area (Å²) in [5.41, 5.74) is 5.39. The second-order valence-corrected chi connectivity index (χ2v) is 3.44. The highest BCUT2D eigenvalue weighted by Gasteiger charge is 2.27. The van der Waals surface area contributed by atoms with E-state index in [-0.39, 0.29) is 6.42 Å². The minimum absolute atomic E-state index is 0.377. The van der Waals surface area contributed by atoms with Gasteiger partial charge in [-0.05, 0) is 27.6 Å². The third-order valence-electron chi connectivity index (χ3n) is 1.58. The third kappa shape index (κ3) is 3.00. The van der Waals surface area contributed by atoms with Gasteiger partial charge in [0.2, 0.25) is 0 Å². The van der Waals surface area contributed by atoms with Crippen molar-refractivity contribution in [3.05, 3.63) is 28.5 Å². The summed E-state index contributed by atoms with van der Waals surface area (Å²) in [6, 6.07) is 3.22. The first-order chi connectivity index (χ1) is 6.05. The Kier molecular flexibility index (Phi) is 3.33. The van der Waals surface area contributed by atoms with Crippen molar-refractivity contribution in [2.45, 2.75) is 12.3 Å². The molecule has 0 unspecified atom stereocenters. The molecule has 0 bridgehead atoms. The predicted molar refractivity (Wildman–Crippen MR) is 49.6 cm³/mol. The molecule has 0 atom stereocenters. The minimum Gasteiger partial charge on any atom is -0.325 e. The maximum atomic E-state index is 12.8. The molecule has 0 fully saturated rings. The fourth-order valence-corrected chi connectivity index (χ4v) is 1.29. The van der Waals surface area contributed by atoms with E-state index >= 15 is 0 Å². The largest absolute Gasteiger partial charge is 0.325 e. The lowest BCUT2D eigenvalue weighted by atomic mass is 10.1. The predicted octanol–water partition coefficient (Wildman–Crippen LogP) is 1.98. The van der Waals surface area contributed by atoms with Gasteiger partial charge in [-0.15, -0.1) is 0 Å². The Balaban J connectivity index is 2.80. The molecule has 0 aliphatic carbocycles. The monoisotopic (exact) mass is 250 g/mol. The van der Waals surface area contributed by atoms with Gasteiger partial charge in [0.1, 0.15) is 4.60 Å². The molecule has 0 aromatic carbocycles. The number of hydrogen-bond acceptors (Lipinski definition) is 2. The van der Waals surface area contributed by atoms with Crippen molar-refractivity contribution < 1.29 is 8.78 Å². The first-order valence-electron chi connectivity index (χ1n) is 3.72. The lowest BCUT2D eigenvalue weighted by Gasteiger charge is -2.13. The van der Waals surface area contributed by atoms with E-state index < -0.39 is 12.5 Å². The SMILES string of the molecule is NCC(F)(F)Cc1cccnc1Br. The summed E-state index contributed by atoms with van der Waals surface area (Å²) in [5.74, 6) is -2.86. The highest BCUT2D eigenvalue weighted by Crippen LogP contribution is 2.22. The molecule has 1 aromatic heterocycles. The van der Waals surface area contributed by atoms with Crippen LogP contribution in [0, 0.1) is 0 Å². The van der Waals surface area contributed by atoms with Crippen LogP contribution in [0.15, 0.2) is 22.9 Å². The molecule has 0 saturated heterocycles. The van der Waals surface area contributed by atoms with Gasteiger partial charge in [-0.1, -0.05) is 6.07 Å². The maximum Gasteiger partial charge on any atom is 0.264 e. The van der Waals surface area contributed by atoms with Crippen LogP contribution in [0.5, 0.6) is 0 Å². The van der Waals surface area contributed by atoms with Gasteiger partial charge in [-0.25, -0.2) is 13.8 Å². The standard InChI is InChI=1S/C8H9BrF2N2/c9-7-6(2-1-3-13-7)4-8(10,11)5-12/h1-3H,4-5,12H2. The second-order valence-electron chi connectivity index (χ2n) is 2.69. The van der Waals surface area contributed by atoms with E-state index in [4.69, 9.17) is 5.73 Å². The zero-order valence-corrected chi connectivity index (χ0v) is 8.39. The van der Waals surface area contributed by atoms with Crippen molar-refractivity contribution in [1.29, 1.82) is 0 Å². The Labute approximate surface area is 83.3 Å². The molecular weight excluding hydrogens is 242 g/mol. The molecule has 0 aliphatic rings. The number of nitrogens with two attached hydrogens (primary N) is 1. The fraction of sp³-hybridized carbons (Fsp3) is 0.375. The zero-order valence-electron chi connectivity index (χ0n) is 6.80. The Morgan fingerprint density at radius 3 is 2.77 bits per heavy atom. The number of rotatable bonds is 3. The van der Waals surface area contributed by atoms with E-state index in [9.17, 15) is 8.78 Å². The van der Waals surface area contributed by atoms with Crippen molar-refractivity contribution in [3.63, 3.8) is 0 Å². The van der Waals surface area contributed by atoms with Crippen molar-refractivity contribution >= 4 is 15.9 Å². The zero-order chi connectivity index (χ0) is 9.90. The van der Waals surface area contributed by atoms with Gasteiger partial charge in [0.15, 0.2) is 0 Å². The molecule has 1 rings (SSSR count). The maximum absolute atomic E-state index is 12.8. The Morgan fingerprint density at radius 2 is 2.23 bits per heavy atom. The minimum atomic E-state index is -2.86. The average Bonchev–Trinajstić information content (AvgIpc) is 2.09. The molecule has 1 heterocycles. The number of pyridine rings is 1. The fourth-order valence-electron chi connectivity index (χ4n) is 0.902. The molecule has 2 nitrogen and oxygen atoms in total. The summed E-state index contributed by atoms with van der Waals surface area (Å²) in [4.78, 5) is 3.84. The molecule has 2 N–H and O–H groups in total. The summed E-state index contributed by atoms with van der Waals surface area (Å²) in [6.45, 7) is -0.645. The summed E-state index contributed by atoms with van der Waals surface area (Å²) >= 11 is 3.09. The molecule has 72 valence electrons. The molecule has 0 aliphatic heterocycles. The first kappa shape index (κ1) is 10.5. The van der Waals surface area contributed by atoms with Gasteiger partial charge in [-0.3, -0.25) is 0 Å². The summed E-state index contributed by atoms with van der Waals surface area (Å²) in [6.07, 6.45) is 1.16. The number of alkyl halides is 2. The molecule has 0 radical (unpaired) electrons. The normalized spacial score (nSPS) is 11.7. The number of aromatic nitrogens is 1. The molecule has 1 aromatic rings. The van der Waals surface area contributed by atoms with E-state index in [0.717, 1.165) is 0 Å². The average molecular weight is 251 g/mol. The van der Waals surface area contributed by atoms with Crippen molar-refractivity contribution in [3.8, 4) is 0 Å². The van der Waals surface area contributed by atoms with Crippen LogP contribution in [-0.4, -0.2) is 17.5 Å². The molecule has 0 amide bonds. The molecule has 0 spiro atoms. The lowest BCUT2D eigenvalue weighted by Crippen LogP contribution is -2.30. The van der Waals surface area contributed by atoms with Crippen molar-refractivity contribution in [2.75, 3.05) is 6.54 Å². The van der Waals surface area contributed by atoms with Gasteiger partial charge >= 0.3 is 0 Å². The highest BCUT2D eigenvalue weighted by molar-refractivity contribution is 9.10. The van der Waals surface area contributed by atoms with Gasteiger partial charge < -0.3 is 5.73 Å². The van der Waals surface area contributed by atoms with Crippen LogP contribution >= 0.6 is 15.9 Å². The first-order valence-corrected chi connectivity index (χ1v) is 4.52. The molecular formula is C8H9BrF2N2. The Bertz CT molecular complexity index is 291. The number of hydrogen-bond donors (Lipinski definition) is 1. The smallest absolute Gasteiger partial charge is 0.264 e. The van der Waals surface area contributed by atoms with Crippen molar-refractivity contribution in [1.82, 2.24) is 4.98 Å². The molecule has 13 heavy (non-hydrogen) atoms. The van der Waals surface area contributed by atoms with Crippen LogP contribution in [0.3, 0.4) is 0 Å². The number of halogens is 3. The van der Waals surface area contributed by atoms with E-state index in [1.165, 1.54) is 6.20 Å². The van der Waals surface area contributed by atoms with Crippen LogP contribution in [-0.2, 0) is 6.42 Å². The van der Waals surface area contributed by atoms with Crippen LogP contribution in [0.25, 0.3) is 0 Å². The summed E-state index contributed by atoms with van der Waals surface area (Å²) in [7, 11) is 0. The number of nitrogens with zero attached hydrogens (tertiary/aromatic N) is 1. The lowest BCUT2D eigenvalue weighted by molar-refractivity contribution is 0.0112. The van der Waals surface area contributed by atoms with Crippen LogP contribution in [0.4, 0.5) is 8.78 Å². The quantitative estimate of drug-likeness (QED) is 0.834. The van der Waals surface area contributed by atoms with E-state index in [0.29, 0.717) is 10.2 Å². The van der Waals surface area contributed by atoms with Gasteiger partial charge in [0, 0.05) is 12.6 Å². The Morgan fingerprint density at radius 1 is 1.54 bits per heavy atom. The van der Waals surface area contributed by atoms with Gasteiger partial charge in [0.25, 0.3) is 5.92 Å². The summed E-state index contributed by atoms with van der Waals surface area (Å²) < 4.78 is 26.1.